The smallest absolute Gasteiger partial charge is 0.462 e. The van der Waals surface area contributed by atoms with E-state index in [-0.39, 0.29) is 25.7 Å². The van der Waals surface area contributed by atoms with Crippen LogP contribution in [-0.2, 0) is 65.4 Å². The second-order valence-corrected chi connectivity index (χ2v) is 32.9. The summed E-state index contributed by atoms with van der Waals surface area (Å²) < 4.78 is 68.5. The van der Waals surface area contributed by atoms with E-state index in [1.165, 1.54) is 199 Å². The Morgan fingerprint density at radius 3 is 0.639 bits per heavy atom. The fraction of sp³-hybridized carbons (Fsp3) is 0.949. The quantitative estimate of drug-likeness (QED) is 0.0222. The van der Waals surface area contributed by atoms with Gasteiger partial charge in [-0.1, -0.05) is 344 Å². The van der Waals surface area contributed by atoms with Gasteiger partial charge in [0.05, 0.1) is 26.4 Å². The molecule has 97 heavy (non-hydrogen) atoms. The Labute approximate surface area is 594 Å². The molecular formula is C78H152O17P2. The predicted molar refractivity (Wildman–Crippen MR) is 395 cm³/mol. The van der Waals surface area contributed by atoms with E-state index < -0.39 is 97.5 Å². The fourth-order valence-corrected chi connectivity index (χ4v) is 13.5. The number of hydrogen-bond acceptors (Lipinski definition) is 15. The Morgan fingerprint density at radius 2 is 0.433 bits per heavy atom. The molecule has 19 heteroatoms. The normalized spacial score (nSPS) is 14.1. The minimum absolute atomic E-state index is 0.101. The van der Waals surface area contributed by atoms with Crippen molar-refractivity contribution < 1.29 is 80.2 Å². The Bertz CT molecular complexity index is 1900. The molecule has 0 aromatic carbocycles. The van der Waals surface area contributed by atoms with Gasteiger partial charge in [-0.05, 0) is 49.4 Å². The van der Waals surface area contributed by atoms with Gasteiger partial charge in [-0.3, -0.25) is 37.3 Å². The van der Waals surface area contributed by atoms with Gasteiger partial charge in [0.25, 0.3) is 0 Å². The Morgan fingerprint density at radius 1 is 0.258 bits per heavy atom. The van der Waals surface area contributed by atoms with Crippen LogP contribution in [0.3, 0.4) is 0 Å². The molecule has 0 spiro atoms. The molecule has 0 aromatic heterocycles. The number of phosphoric ester groups is 2. The van der Waals surface area contributed by atoms with Gasteiger partial charge in [-0.2, -0.15) is 0 Å². The molecule has 0 aromatic rings. The van der Waals surface area contributed by atoms with Crippen LogP contribution >= 0.6 is 15.6 Å². The number of aliphatic hydroxyl groups excluding tert-OH is 1. The lowest BCUT2D eigenvalue weighted by Gasteiger charge is -2.21. The van der Waals surface area contributed by atoms with E-state index in [2.05, 4.69) is 55.4 Å². The second kappa shape index (κ2) is 67.2. The number of esters is 4. The van der Waals surface area contributed by atoms with Crippen molar-refractivity contribution in [2.45, 2.75) is 414 Å². The summed E-state index contributed by atoms with van der Waals surface area (Å²) in [7, 11) is -9.91. The molecule has 0 saturated heterocycles. The van der Waals surface area contributed by atoms with Crippen molar-refractivity contribution in [2.24, 2.45) is 23.7 Å². The minimum Gasteiger partial charge on any atom is -0.462 e. The highest BCUT2D eigenvalue weighted by atomic mass is 31.2. The number of ether oxygens (including phenoxy) is 4. The maximum absolute atomic E-state index is 13.1. The van der Waals surface area contributed by atoms with Crippen LogP contribution in [-0.4, -0.2) is 96.7 Å². The summed E-state index contributed by atoms with van der Waals surface area (Å²) in [6.07, 6.45) is 53.1. The summed E-state index contributed by atoms with van der Waals surface area (Å²) in [6.45, 7) is 14.1. The molecule has 3 unspecified atom stereocenters. The van der Waals surface area contributed by atoms with E-state index in [1.54, 1.807) is 0 Å². The summed E-state index contributed by atoms with van der Waals surface area (Å²) in [5.74, 6) is 0.881. The molecule has 0 rings (SSSR count). The van der Waals surface area contributed by atoms with E-state index in [1.807, 2.05) is 0 Å². The minimum atomic E-state index is -4.96. The van der Waals surface area contributed by atoms with Crippen LogP contribution in [0.1, 0.15) is 396 Å². The number of unbranched alkanes of at least 4 members (excludes halogenated alkanes) is 41. The molecule has 0 heterocycles. The zero-order chi connectivity index (χ0) is 71.7. The van der Waals surface area contributed by atoms with E-state index in [0.29, 0.717) is 31.6 Å². The number of aliphatic hydroxyl groups is 1. The fourth-order valence-electron chi connectivity index (χ4n) is 11.9. The Kier molecular flexibility index (Phi) is 65.9. The summed E-state index contributed by atoms with van der Waals surface area (Å²) >= 11 is 0. The Hall–Kier alpha value is -1.94. The molecule has 5 atom stereocenters. The van der Waals surface area contributed by atoms with Gasteiger partial charge >= 0.3 is 39.5 Å². The van der Waals surface area contributed by atoms with Gasteiger partial charge in [0.2, 0.25) is 0 Å². The maximum atomic E-state index is 13.1. The molecule has 0 amide bonds. The van der Waals surface area contributed by atoms with Crippen LogP contribution in [0, 0.1) is 23.7 Å². The predicted octanol–water partition coefficient (Wildman–Crippen LogP) is 22.8. The molecular weight excluding hydrogens is 1270 g/mol. The van der Waals surface area contributed by atoms with Gasteiger partial charge in [0.15, 0.2) is 12.2 Å². The molecule has 0 radical (unpaired) electrons. The highest BCUT2D eigenvalue weighted by Crippen LogP contribution is 2.45. The molecule has 0 aliphatic heterocycles. The van der Waals surface area contributed by atoms with E-state index in [9.17, 15) is 43.2 Å². The SMILES string of the molecule is CC(C)CCCCCCCCCCCCCCCCCCCCC(=O)OC[C@H](COP(=O)(O)OCC(O)COP(=O)(O)OC[C@@H](COC(=O)CCCCCCCCCCC(C)C)OC(=O)CCCCCCCCC(C)C)OC(=O)CCCCCCCCCCCCCCCC(C)C. The van der Waals surface area contributed by atoms with E-state index in [0.717, 1.165) is 108 Å². The van der Waals surface area contributed by atoms with Gasteiger partial charge in [0, 0.05) is 25.7 Å². The van der Waals surface area contributed by atoms with E-state index in [4.69, 9.17) is 37.0 Å². The molecule has 0 bridgehead atoms. The summed E-state index contributed by atoms with van der Waals surface area (Å²) in [5, 5.41) is 10.6. The topological polar surface area (TPSA) is 237 Å². The zero-order valence-corrected chi connectivity index (χ0v) is 65.5. The van der Waals surface area contributed by atoms with Crippen LogP contribution in [0.15, 0.2) is 0 Å². The highest BCUT2D eigenvalue weighted by Gasteiger charge is 2.30. The number of hydrogen-bond donors (Lipinski definition) is 3. The van der Waals surface area contributed by atoms with Crippen LogP contribution in [0.2, 0.25) is 0 Å². The van der Waals surface area contributed by atoms with Gasteiger partial charge in [-0.15, -0.1) is 0 Å². The first kappa shape index (κ1) is 95.1. The lowest BCUT2D eigenvalue weighted by atomic mass is 10.0. The maximum Gasteiger partial charge on any atom is 0.472 e. The molecule has 3 N–H and O–H groups in total. The van der Waals surface area contributed by atoms with E-state index >= 15 is 0 Å². The monoisotopic (exact) mass is 1420 g/mol. The van der Waals surface area contributed by atoms with Crippen LogP contribution in [0.25, 0.3) is 0 Å². The van der Waals surface area contributed by atoms with Crippen molar-refractivity contribution >= 4 is 39.5 Å². The van der Waals surface area contributed by atoms with Crippen molar-refractivity contribution in [2.75, 3.05) is 39.6 Å². The standard InChI is InChI=1S/C78H152O17P2/c1-68(2)54-46-38-30-24-20-16-13-11-9-10-12-14-18-22-26-33-42-50-58-75(80)88-64-73(94-77(82)60-52-44-35-27-23-19-15-17-21-25-31-39-47-55-69(3)4)66-92-96(84,85)90-62-72(79)63-91-97(86,87)93-67-74(95-78(83)61-53-45-37-36-41-49-57-71(7)8)65-89-76(81)59-51-43-34-29-28-32-40-48-56-70(5)6/h68-74,79H,9-67H2,1-8H3,(H,84,85)(H,86,87)/t72?,73-,74-/m1/s1. The van der Waals surface area contributed by atoms with Crippen molar-refractivity contribution in [1.29, 1.82) is 0 Å². The lowest BCUT2D eigenvalue weighted by molar-refractivity contribution is -0.161. The third-order valence-electron chi connectivity index (χ3n) is 18.1. The largest absolute Gasteiger partial charge is 0.472 e. The van der Waals surface area contributed by atoms with Crippen LogP contribution < -0.4 is 0 Å². The first-order valence-corrected chi connectivity index (χ1v) is 43.2. The molecule has 0 aliphatic carbocycles. The van der Waals surface area contributed by atoms with Gasteiger partial charge < -0.3 is 33.8 Å². The second-order valence-electron chi connectivity index (χ2n) is 30.0. The summed E-state index contributed by atoms with van der Waals surface area (Å²) in [5.41, 5.74) is 0. The molecule has 576 valence electrons. The van der Waals surface area contributed by atoms with Crippen molar-refractivity contribution in [3.05, 3.63) is 0 Å². The van der Waals surface area contributed by atoms with Crippen molar-refractivity contribution in [1.82, 2.24) is 0 Å². The Balaban J connectivity index is 5.18. The average Bonchev–Trinajstić information content (AvgIpc) is 1.47. The highest BCUT2D eigenvalue weighted by molar-refractivity contribution is 7.47. The molecule has 0 fully saturated rings. The number of carbonyl (C=O) groups is 4. The summed E-state index contributed by atoms with van der Waals surface area (Å²) in [4.78, 5) is 72.8. The van der Waals surface area contributed by atoms with Crippen molar-refractivity contribution in [3.63, 3.8) is 0 Å². The van der Waals surface area contributed by atoms with Gasteiger partial charge in [0.1, 0.15) is 19.3 Å². The van der Waals surface area contributed by atoms with Crippen LogP contribution in [0.4, 0.5) is 0 Å². The first-order valence-electron chi connectivity index (χ1n) is 40.2. The number of phosphoric acid groups is 2. The molecule has 0 saturated carbocycles. The lowest BCUT2D eigenvalue weighted by Crippen LogP contribution is -2.30. The molecule has 0 aliphatic rings. The van der Waals surface area contributed by atoms with Crippen molar-refractivity contribution in [3.8, 4) is 0 Å². The van der Waals surface area contributed by atoms with Gasteiger partial charge in [-0.25, -0.2) is 9.13 Å². The van der Waals surface area contributed by atoms with Crippen LogP contribution in [0.5, 0.6) is 0 Å². The number of rotatable bonds is 75. The molecule has 17 nitrogen and oxygen atoms in total. The number of carbonyl (C=O) groups excluding carboxylic acids is 4. The third-order valence-corrected chi connectivity index (χ3v) is 20.0. The average molecular weight is 1420 g/mol. The zero-order valence-electron chi connectivity index (χ0n) is 63.7. The first-order chi connectivity index (χ1) is 46.6. The third kappa shape index (κ3) is 72.2. The summed E-state index contributed by atoms with van der Waals surface area (Å²) in [6, 6.07) is 0.